The number of benzene rings is 1. The lowest BCUT2D eigenvalue weighted by atomic mass is 10.2. The zero-order chi connectivity index (χ0) is 18.6. The fourth-order valence-electron chi connectivity index (χ4n) is 2.70. The molecule has 3 rings (SSSR count). The molecule has 0 bridgehead atoms. The van der Waals surface area contributed by atoms with Crippen molar-refractivity contribution in [3.8, 4) is 0 Å². The Morgan fingerprint density at radius 2 is 2.08 bits per heavy atom. The summed E-state index contributed by atoms with van der Waals surface area (Å²) in [7, 11) is -3.71. The molecular weight excluding hydrogens is 354 g/mol. The van der Waals surface area contributed by atoms with E-state index in [1.807, 2.05) is 13.0 Å². The molecule has 0 saturated carbocycles. The summed E-state index contributed by atoms with van der Waals surface area (Å²) in [5.74, 6) is -0.000886. The molecule has 2 aromatic rings. The maximum absolute atomic E-state index is 12.5. The molecule has 1 aliphatic heterocycles. The average molecular weight is 375 g/mol. The van der Waals surface area contributed by atoms with Crippen LogP contribution in [0.15, 0.2) is 47.4 Å². The van der Waals surface area contributed by atoms with Gasteiger partial charge in [0.2, 0.25) is 10.0 Å². The number of nitrogens with zero attached hydrogens (tertiary/aromatic N) is 1. The number of nitrogens with one attached hydrogen (secondary N) is 2. The second kappa shape index (κ2) is 7.94. The lowest BCUT2D eigenvalue weighted by Gasteiger charge is -2.12. The standard InChI is InChI=1S/C18H21N3O4S/c1-13-5-2-9-17(20-13)21-18(22)14-6-3-8-16(11-14)26(23,24)19-12-15-7-4-10-25-15/h2-3,5-6,8-9,11,15,19H,4,7,10,12H2,1H3,(H,20,21,22)/t15-/m0/s1. The number of sulfonamides is 1. The molecule has 1 aromatic heterocycles. The van der Waals surface area contributed by atoms with Crippen LogP contribution in [0.25, 0.3) is 0 Å². The first kappa shape index (κ1) is 18.5. The van der Waals surface area contributed by atoms with Gasteiger partial charge in [-0.15, -0.1) is 0 Å². The molecule has 0 unspecified atom stereocenters. The quantitative estimate of drug-likeness (QED) is 0.806. The van der Waals surface area contributed by atoms with Crippen molar-refractivity contribution in [3.05, 3.63) is 53.7 Å². The number of hydrogen-bond acceptors (Lipinski definition) is 5. The first-order valence-electron chi connectivity index (χ1n) is 8.40. The van der Waals surface area contributed by atoms with Gasteiger partial charge in [0.1, 0.15) is 5.82 Å². The Hall–Kier alpha value is -2.29. The maximum atomic E-state index is 12.5. The van der Waals surface area contributed by atoms with Crippen molar-refractivity contribution in [2.45, 2.75) is 30.8 Å². The lowest BCUT2D eigenvalue weighted by molar-refractivity contribution is 0.102. The van der Waals surface area contributed by atoms with Crippen LogP contribution < -0.4 is 10.0 Å². The average Bonchev–Trinajstić information content (AvgIpc) is 3.14. The Labute approximate surface area is 152 Å². The Bertz CT molecular complexity index is 893. The second-order valence-corrected chi connectivity index (χ2v) is 7.90. The Morgan fingerprint density at radius 1 is 1.27 bits per heavy atom. The van der Waals surface area contributed by atoms with Gasteiger partial charge < -0.3 is 10.1 Å². The van der Waals surface area contributed by atoms with Gasteiger partial charge in [-0.05, 0) is 50.1 Å². The molecule has 0 aliphatic carbocycles. The van der Waals surface area contributed by atoms with Gasteiger partial charge in [-0.3, -0.25) is 4.79 Å². The van der Waals surface area contributed by atoms with Crippen molar-refractivity contribution in [3.63, 3.8) is 0 Å². The summed E-state index contributed by atoms with van der Waals surface area (Å²) in [5.41, 5.74) is 1.02. The third kappa shape index (κ3) is 4.66. The molecule has 1 amide bonds. The highest BCUT2D eigenvalue weighted by atomic mass is 32.2. The molecule has 138 valence electrons. The number of rotatable bonds is 6. The number of pyridine rings is 1. The maximum Gasteiger partial charge on any atom is 0.256 e. The van der Waals surface area contributed by atoms with Crippen LogP contribution in [-0.2, 0) is 14.8 Å². The minimum Gasteiger partial charge on any atom is -0.377 e. The van der Waals surface area contributed by atoms with Gasteiger partial charge in [-0.2, -0.15) is 0 Å². The van der Waals surface area contributed by atoms with Crippen molar-refractivity contribution in [2.75, 3.05) is 18.5 Å². The van der Waals surface area contributed by atoms with Crippen LogP contribution in [0.3, 0.4) is 0 Å². The zero-order valence-corrected chi connectivity index (χ0v) is 15.3. The number of aryl methyl sites for hydroxylation is 1. The monoisotopic (exact) mass is 375 g/mol. The fraction of sp³-hybridized carbons (Fsp3) is 0.333. The van der Waals surface area contributed by atoms with E-state index >= 15 is 0 Å². The van der Waals surface area contributed by atoms with Gasteiger partial charge in [0, 0.05) is 24.4 Å². The highest BCUT2D eigenvalue weighted by Gasteiger charge is 2.21. The van der Waals surface area contributed by atoms with E-state index in [-0.39, 0.29) is 23.1 Å². The summed E-state index contributed by atoms with van der Waals surface area (Å²) >= 11 is 0. The van der Waals surface area contributed by atoms with Crippen LogP contribution in [0.2, 0.25) is 0 Å². The van der Waals surface area contributed by atoms with Crippen LogP contribution in [0.4, 0.5) is 5.82 Å². The van der Waals surface area contributed by atoms with E-state index < -0.39 is 15.9 Å². The third-order valence-electron chi connectivity index (χ3n) is 4.06. The van der Waals surface area contributed by atoms with E-state index in [2.05, 4.69) is 15.0 Å². The van der Waals surface area contributed by atoms with E-state index in [0.29, 0.717) is 12.4 Å². The van der Waals surface area contributed by atoms with Crippen LogP contribution in [-0.4, -0.2) is 38.6 Å². The fourth-order valence-corrected chi connectivity index (χ4v) is 3.81. The van der Waals surface area contributed by atoms with Gasteiger partial charge in [-0.1, -0.05) is 12.1 Å². The first-order chi connectivity index (χ1) is 12.4. The van der Waals surface area contributed by atoms with Gasteiger partial charge in [-0.25, -0.2) is 18.1 Å². The summed E-state index contributed by atoms with van der Waals surface area (Å²) in [6.07, 6.45) is 1.69. The summed E-state index contributed by atoms with van der Waals surface area (Å²) in [6.45, 7) is 2.71. The minimum absolute atomic E-state index is 0.0420. The Morgan fingerprint density at radius 3 is 2.81 bits per heavy atom. The molecule has 2 heterocycles. The molecule has 7 nitrogen and oxygen atoms in total. The predicted octanol–water partition coefficient (Wildman–Crippen LogP) is 2.10. The normalized spacial score (nSPS) is 17.2. The summed E-state index contributed by atoms with van der Waals surface area (Å²) in [6, 6.07) is 11.2. The molecule has 8 heteroatoms. The van der Waals surface area contributed by atoms with Gasteiger partial charge in [0.05, 0.1) is 11.0 Å². The minimum atomic E-state index is -3.71. The summed E-state index contributed by atoms with van der Waals surface area (Å²) < 4.78 is 32.9. The molecule has 0 radical (unpaired) electrons. The van der Waals surface area contributed by atoms with Crippen molar-refractivity contribution in [1.82, 2.24) is 9.71 Å². The largest absolute Gasteiger partial charge is 0.377 e. The first-order valence-corrected chi connectivity index (χ1v) is 9.89. The molecule has 1 atom stereocenters. The van der Waals surface area contributed by atoms with Gasteiger partial charge in [0.15, 0.2) is 0 Å². The molecule has 26 heavy (non-hydrogen) atoms. The van der Waals surface area contributed by atoms with Crippen LogP contribution in [0.5, 0.6) is 0 Å². The Kier molecular flexibility index (Phi) is 5.65. The van der Waals surface area contributed by atoms with E-state index in [1.54, 1.807) is 24.3 Å². The topological polar surface area (TPSA) is 97.4 Å². The summed E-state index contributed by atoms with van der Waals surface area (Å²) in [4.78, 5) is 16.6. The van der Waals surface area contributed by atoms with E-state index in [9.17, 15) is 13.2 Å². The van der Waals surface area contributed by atoms with Crippen LogP contribution in [0.1, 0.15) is 28.9 Å². The van der Waals surface area contributed by atoms with Crippen LogP contribution in [0, 0.1) is 6.92 Å². The number of amides is 1. The molecule has 0 spiro atoms. The SMILES string of the molecule is Cc1cccc(NC(=O)c2cccc(S(=O)(=O)NC[C@@H]3CCCO3)c2)n1. The Balaban J connectivity index is 1.71. The lowest BCUT2D eigenvalue weighted by Crippen LogP contribution is -2.32. The van der Waals surface area contributed by atoms with Gasteiger partial charge in [0.25, 0.3) is 5.91 Å². The van der Waals surface area contributed by atoms with E-state index in [4.69, 9.17) is 4.74 Å². The van der Waals surface area contributed by atoms with Crippen molar-refractivity contribution >= 4 is 21.7 Å². The van der Waals surface area contributed by atoms with Crippen molar-refractivity contribution < 1.29 is 17.9 Å². The van der Waals surface area contributed by atoms with Crippen molar-refractivity contribution in [1.29, 1.82) is 0 Å². The third-order valence-corrected chi connectivity index (χ3v) is 5.48. The zero-order valence-electron chi connectivity index (χ0n) is 14.4. The predicted molar refractivity (Wildman–Crippen MR) is 97.5 cm³/mol. The number of carbonyl (C=O) groups is 1. The highest BCUT2D eigenvalue weighted by molar-refractivity contribution is 7.89. The van der Waals surface area contributed by atoms with E-state index in [1.165, 1.54) is 12.1 Å². The van der Waals surface area contributed by atoms with E-state index in [0.717, 1.165) is 18.5 Å². The molecule has 2 N–H and O–H groups in total. The molecule has 1 saturated heterocycles. The number of carbonyl (C=O) groups excluding carboxylic acids is 1. The summed E-state index contributed by atoms with van der Waals surface area (Å²) in [5, 5.41) is 2.67. The second-order valence-electron chi connectivity index (χ2n) is 6.13. The van der Waals surface area contributed by atoms with Gasteiger partial charge >= 0.3 is 0 Å². The smallest absolute Gasteiger partial charge is 0.256 e. The molecule has 1 aliphatic rings. The molecular formula is C18H21N3O4S. The van der Waals surface area contributed by atoms with Crippen LogP contribution >= 0.6 is 0 Å². The molecule has 1 aromatic carbocycles. The number of hydrogen-bond donors (Lipinski definition) is 2. The number of ether oxygens (including phenoxy) is 1. The highest BCUT2D eigenvalue weighted by Crippen LogP contribution is 2.15. The number of anilines is 1. The molecule has 1 fully saturated rings. The number of aromatic nitrogens is 1. The van der Waals surface area contributed by atoms with Crippen molar-refractivity contribution in [2.24, 2.45) is 0 Å².